The fraction of sp³-hybridized carbons (Fsp3) is 0.500. The van der Waals surface area contributed by atoms with Gasteiger partial charge in [-0.05, 0) is 0 Å². The topological polar surface area (TPSA) is 9.23 Å². The Morgan fingerprint density at radius 2 is 2.50 bits per heavy atom. The van der Waals surface area contributed by atoms with Crippen molar-refractivity contribution in [3.05, 3.63) is 12.7 Å². The van der Waals surface area contributed by atoms with Gasteiger partial charge in [-0.1, -0.05) is 17.7 Å². The molecule has 6 heavy (non-hydrogen) atoms. The lowest BCUT2D eigenvalue weighted by molar-refractivity contribution is 0.213. The van der Waals surface area contributed by atoms with Crippen LogP contribution in [0.3, 0.4) is 0 Å². The summed E-state index contributed by atoms with van der Waals surface area (Å²) in [6.07, 6.45) is 1.66. The van der Waals surface area contributed by atoms with Crippen LogP contribution in [0.5, 0.6) is 0 Å². The van der Waals surface area contributed by atoms with Crippen LogP contribution in [-0.2, 0) is 4.74 Å². The molecular formula is C4H7ClO. The van der Waals surface area contributed by atoms with E-state index in [2.05, 4.69) is 11.3 Å². The maximum Gasteiger partial charge on any atom is 0.121 e. The van der Waals surface area contributed by atoms with Crippen LogP contribution in [0.4, 0.5) is 0 Å². The van der Waals surface area contributed by atoms with Crippen molar-refractivity contribution in [2.75, 3.05) is 12.7 Å². The highest BCUT2D eigenvalue weighted by molar-refractivity contribution is 6.17. The molecule has 0 heterocycles. The van der Waals surface area contributed by atoms with Gasteiger partial charge in [0.05, 0.1) is 6.61 Å². The predicted molar refractivity (Wildman–Crippen MR) is 26.9 cm³/mol. The second-order valence-corrected chi connectivity index (χ2v) is 0.987. The Morgan fingerprint density at radius 3 is 2.67 bits per heavy atom. The van der Waals surface area contributed by atoms with Crippen LogP contribution >= 0.6 is 11.6 Å². The summed E-state index contributed by atoms with van der Waals surface area (Å²) < 4.78 is 4.63. The van der Waals surface area contributed by atoms with Gasteiger partial charge in [-0.25, -0.2) is 0 Å². The molecule has 0 radical (unpaired) electrons. The lowest BCUT2D eigenvalue weighted by atomic mass is 10.7. The van der Waals surface area contributed by atoms with E-state index in [4.69, 9.17) is 11.6 Å². The van der Waals surface area contributed by atoms with E-state index < -0.39 is 0 Å². The second-order valence-electron chi connectivity index (χ2n) is 0.769. The van der Waals surface area contributed by atoms with Gasteiger partial charge in [-0.2, -0.15) is 0 Å². The molecule has 0 aromatic heterocycles. The van der Waals surface area contributed by atoms with Crippen molar-refractivity contribution >= 4 is 11.6 Å². The van der Waals surface area contributed by atoms with Gasteiger partial charge in [0, 0.05) is 0 Å². The van der Waals surface area contributed by atoms with Crippen molar-refractivity contribution in [1.82, 2.24) is 0 Å². The summed E-state index contributed by atoms with van der Waals surface area (Å²) in [6, 6.07) is 0.256. The van der Waals surface area contributed by atoms with E-state index in [1.54, 1.807) is 6.08 Å². The number of hydrogen-bond donors (Lipinski definition) is 0. The minimum Gasteiger partial charge on any atom is -0.362 e. The highest BCUT2D eigenvalue weighted by Crippen LogP contribution is 1.76. The summed E-state index contributed by atoms with van der Waals surface area (Å²) in [5, 5.41) is 0. The lowest BCUT2D eigenvalue weighted by Crippen LogP contribution is -1.83. The zero-order valence-corrected chi connectivity index (χ0v) is 4.24. The van der Waals surface area contributed by atoms with Crippen molar-refractivity contribution < 1.29 is 4.74 Å². The lowest BCUT2D eigenvalue weighted by Gasteiger charge is -1.86. The monoisotopic (exact) mass is 106 g/mol. The van der Waals surface area contributed by atoms with Crippen LogP contribution < -0.4 is 0 Å². The molecule has 0 aliphatic rings. The molecule has 0 amide bonds. The van der Waals surface area contributed by atoms with Crippen molar-refractivity contribution in [2.45, 2.75) is 0 Å². The zero-order chi connectivity index (χ0) is 4.83. The fourth-order valence-corrected chi connectivity index (χ4v) is 0.217. The number of hydrogen-bond acceptors (Lipinski definition) is 1. The first-order chi connectivity index (χ1) is 2.91. The van der Waals surface area contributed by atoms with E-state index in [9.17, 15) is 0 Å². The van der Waals surface area contributed by atoms with Crippen molar-refractivity contribution in [3.8, 4) is 0 Å². The second kappa shape index (κ2) is 4.99. The van der Waals surface area contributed by atoms with E-state index in [1.807, 2.05) is 0 Å². The Labute approximate surface area is 42.6 Å². The highest BCUT2D eigenvalue weighted by Gasteiger charge is 1.69. The summed E-state index contributed by atoms with van der Waals surface area (Å²) in [4.78, 5) is 0. The molecule has 0 unspecified atom stereocenters. The molecule has 36 valence electrons. The quantitative estimate of drug-likeness (QED) is 0.300. The van der Waals surface area contributed by atoms with Gasteiger partial charge in [0.1, 0.15) is 6.07 Å². The molecule has 0 bridgehead atoms. The van der Waals surface area contributed by atoms with Crippen LogP contribution in [0.25, 0.3) is 0 Å². The number of alkyl halides is 1. The largest absolute Gasteiger partial charge is 0.362 e. The molecule has 0 aromatic carbocycles. The summed E-state index contributed by atoms with van der Waals surface area (Å²) in [6.45, 7) is 3.96. The molecule has 0 spiro atoms. The molecule has 0 atom stereocenters. The average Bonchev–Trinajstić information content (AvgIpc) is 1.61. The summed E-state index contributed by atoms with van der Waals surface area (Å²) in [5.74, 6) is 0. The van der Waals surface area contributed by atoms with Gasteiger partial charge in [-0.3, -0.25) is 0 Å². The first-order valence-corrected chi connectivity index (χ1v) is 2.20. The van der Waals surface area contributed by atoms with Gasteiger partial charge in [0.2, 0.25) is 0 Å². The van der Waals surface area contributed by atoms with Crippen LogP contribution in [0.15, 0.2) is 12.7 Å². The van der Waals surface area contributed by atoms with Gasteiger partial charge >= 0.3 is 0 Å². The summed E-state index contributed by atoms with van der Waals surface area (Å²) in [5.41, 5.74) is 0. The van der Waals surface area contributed by atoms with E-state index in [0.29, 0.717) is 6.61 Å². The molecule has 0 fully saturated rings. The fourth-order valence-electron chi connectivity index (χ4n) is 0.128. The maximum absolute atomic E-state index is 5.11. The summed E-state index contributed by atoms with van der Waals surface area (Å²) >= 11 is 5.11. The zero-order valence-electron chi connectivity index (χ0n) is 3.48. The standard InChI is InChI=1S/C4H7ClO/c1-2-3-6-4-5/h2H,1,3-4H2. The number of halogens is 1. The summed E-state index contributed by atoms with van der Waals surface area (Å²) in [7, 11) is 0. The third-order valence-electron chi connectivity index (χ3n) is 0.313. The third kappa shape index (κ3) is 3.99. The molecule has 0 saturated heterocycles. The molecular weight excluding hydrogens is 99.5 g/mol. The van der Waals surface area contributed by atoms with Crippen molar-refractivity contribution in [3.63, 3.8) is 0 Å². The molecule has 0 rings (SSSR count). The number of ether oxygens (including phenoxy) is 1. The molecule has 2 heteroatoms. The molecule has 0 aromatic rings. The highest BCUT2D eigenvalue weighted by atomic mass is 35.5. The number of rotatable bonds is 3. The van der Waals surface area contributed by atoms with Crippen LogP contribution in [0.1, 0.15) is 0 Å². The van der Waals surface area contributed by atoms with Gasteiger partial charge in [0.25, 0.3) is 0 Å². The Balaban J connectivity index is 2.49. The maximum atomic E-state index is 5.11. The van der Waals surface area contributed by atoms with Crippen molar-refractivity contribution in [2.24, 2.45) is 0 Å². The van der Waals surface area contributed by atoms with E-state index in [1.165, 1.54) is 0 Å². The smallest absolute Gasteiger partial charge is 0.121 e. The normalized spacial score (nSPS) is 8.17. The SMILES string of the molecule is C=CCOCCl. The van der Waals surface area contributed by atoms with Gasteiger partial charge in [-0.15, -0.1) is 6.58 Å². The molecule has 1 nitrogen and oxygen atoms in total. The molecule has 0 aliphatic heterocycles. The van der Waals surface area contributed by atoms with E-state index >= 15 is 0 Å². The van der Waals surface area contributed by atoms with Gasteiger partial charge in [0.15, 0.2) is 0 Å². The van der Waals surface area contributed by atoms with Crippen molar-refractivity contribution in [1.29, 1.82) is 0 Å². The van der Waals surface area contributed by atoms with Crippen LogP contribution in [-0.4, -0.2) is 12.7 Å². The van der Waals surface area contributed by atoms with Crippen LogP contribution in [0.2, 0.25) is 0 Å². The van der Waals surface area contributed by atoms with E-state index in [-0.39, 0.29) is 6.07 Å². The first kappa shape index (κ1) is 5.99. The Kier molecular flexibility index (Phi) is 4.98. The molecule has 0 saturated carbocycles. The van der Waals surface area contributed by atoms with Gasteiger partial charge < -0.3 is 4.74 Å². The van der Waals surface area contributed by atoms with Crippen LogP contribution in [0, 0.1) is 0 Å². The Hall–Kier alpha value is -0.0100. The molecule has 0 N–H and O–H groups in total. The Bertz CT molecular complexity index is 36.5. The third-order valence-corrected chi connectivity index (χ3v) is 0.467. The predicted octanol–water partition coefficient (Wildman–Crippen LogP) is 1.39. The van der Waals surface area contributed by atoms with E-state index in [0.717, 1.165) is 0 Å². The Morgan fingerprint density at radius 1 is 1.83 bits per heavy atom. The first-order valence-electron chi connectivity index (χ1n) is 1.66. The minimum atomic E-state index is 0.256. The average molecular weight is 107 g/mol. The minimum absolute atomic E-state index is 0.256. The molecule has 0 aliphatic carbocycles.